The highest BCUT2D eigenvalue weighted by Gasteiger charge is 2.13. The number of fused-ring (bicyclic) bond motifs is 1. The zero-order valence-electron chi connectivity index (χ0n) is 14.7. The molecular formula is C23H4Cl2N4O. The number of rotatable bonds is 0. The maximum absolute atomic E-state index is 12.1. The lowest BCUT2D eigenvalue weighted by Crippen LogP contribution is -2.25. The second-order valence-electron chi connectivity index (χ2n) is 4.58. The number of nitrogens with one attached hydrogen (secondary N) is 1. The molecule has 0 saturated heterocycles. The molecule has 2 aromatic rings. The maximum Gasteiger partial charge on any atom is 0.355 e. The molecule has 30 heavy (non-hydrogen) atoms. The van der Waals surface area contributed by atoms with E-state index in [2.05, 4.69) is 105 Å². The number of hydrogen-bond acceptors (Lipinski definition) is 3. The summed E-state index contributed by atoms with van der Waals surface area (Å²) in [7, 11) is 0. The van der Waals surface area contributed by atoms with Crippen LogP contribution in [0.2, 0.25) is 10.0 Å². The topological polar surface area (TPSA) is 59.8 Å². The molecule has 136 valence electrons. The van der Waals surface area contributed by atoms with Crippen LogP contribution in [0.4, 0.5) is 4.79 Å². The Bertz CT molecular complexity index is 1510. The van der Waals surface area contributed by atoms with E-state index in [0.29, 0.717) is 16.1 Å². The Hall–Kier alpha value is -4.85. The number of hydrogen-bond donors (Lipinski definition) is 1. The van der Waals surface area contributed by atoms with Crippen LogP contribution in [0.25, 0.3) is 11.0 Å². The van der Waals surface area contributed by atoms with Crippen molar-refractivity contribution >= 4 is 40.3 Å². The number of halogens is 2. The molecule has 0 atom stereocenters. The van der Waals surface area contributed by atoms with Crippen LogP contribution in [-0.4, -0.2) is 21.0 Å². The summed E-state index contributed by atoms with van der Waals surface area (Å²) in [6.45, 7) is 0. The van der Waals surface area contributed by atoms with Crippen molar-refractivity contribution in [3.8, 4) is 95.4 Å². The number of amides is 1. The number of nitrogens with zero attached hydrogens (tertiary/aromatic N) is 3. The molecule has 1 N–H and O–H groups in total. The van der Waals surface area contributed by atoms with Crippen molar-refractivity contribution in [3.05, 3.63) is 22.2 Å². The highest BCUT2D eigenvalue weighted by atomic mass is 35.5. The van der Waals surface area contributed by atoms with Crippen LogP contribution >= 0.6 is 23.2 Å². The number of carbonyl (C=O) groups is 1. The van der Waals surface area contributed by atoms with Crippen LogP contribution in [0.15, 0.2) is 12.1 Å². The Morgan fingerprint density at radius 3 is 1.90 bits per heavy atom. The molecule has 0 saturated carbocycles. The van der Waals surface area contributed by atoms with E-state index in [0.717, 1.165) is 4.68 Å². The van der Waals surface area contributed by atoms with E-state index in [1.165, 1.54) is 12.1 Å². The van der Waals surface area contributed by atoms with Gasteiger partial charge in [0.1, 0.15) is 11.0 Å². The van der Waals surface area contributed by atoms with E-state index in [4.69, 9.17) is 29.6 Å². The van der Waals surface area contributed by atoms with Gasteiger partial charge in [0.2, 0.25) is 0 Å². The van der Waals surface area contributed by atoms with Gasteiger partial charge < -0.3 is 0 Å². The van der Waals surface area contributed by atoms with Gasteiger partial charge in [0, 0.05) is 47.5 Å². The van der Waals surface area contributed by atoms with Crippen molar-refractivity contribution < 1.29 is 4.79 Å². The zero-order valence-corrected chi connectivity index (χ0v) is 16.2. The first-order valence-electron chi connectivity index (χ1n) is 7.60. The van der Waals surface area contributed by atoms with Crippen LogP contribution in [0, 0.1) is 95.4 Å². The Labute approximate surface area is 182 Å². The first-order chi connectivity index (χ1) is 14.6. The predicted octanol–water partition coefficient (Wildman–Crippen LogP) is 1.91. The van der Waals surface area contributed by atoms with Crippen LogP contribution in [0.5, 0.6) is 0 Å². The van der Waals surface area contributed by atoms with Crippen LogP contribution in [-0.2, 0) is 0 Å². The van der Waals surface area contributed by atoms with E-state index < -0.39 is 6.03 Å². The predicted molar refractivity (Wildman–Crippen MR) is 115 cm³/mol. The third-order valence-corrected chi connectivity index (χ3v) is 3.46. The molecule has 7 heteroatoms. The van der Waals surface area contributed by atoms with Crippen molar-refractivity contribution in [1.82, 2.24) is 20.3 Å². The summed E-state index contributed by atoms with van der Waals surface area (Å²) in [5, 5.41) is 10.5. The van der Waals surface area contributed by atoms with Gasteiger partial charge in [-0.15, -0.1) is 11.5 Å². The van der Waals surface area contributed by atoms with Crippen LogP contribution in [0.3, 0.4) is 0 Å². The minimum Gasteiger partial charge on any atom is -0.264 e. The molecule has 0 spiro atoms. The average Bonchev–Trinajstić information content (AvgIpc) is 3.13. The molecule has 0 fully saturated rings. The van der Waals surface area contributed by atoms with Crippen LogP contribution < -0.4 is 5.32 Å². The van der Waals surface area contributed by atoms with Gasteiger partial charge in [-0.1, -0.05) is 28.4 Å². The number of terminal acetylenes is 1. The largest absolute Gasteiger partial charge is 0.355 e. The SMILES string of the molecule is C#CC#CC#CC#CC#CC#CC#CC#CNC(=O)n1nnc2cc(Cl)c(Cl)cc21. The summed E-state index contributed by atoms with van der Waals surface area (Å²) in [5.74, 6) is 33.7. The van der Waals surface area contributed by atoms with E-state index in [1.54, 1.807) is 0 Å². The molecule has 0 radical (unpaired) electrons. The second-order valence-corrected chi connectivity index (χ2v) is 5.40. The van der Waals surface area contributed by atoms with Crippen molar-refractivity contribution in [2.24, 2.45) is 0 Å². The lowest BCUT2D eigenvalue weighted by molar-refractivity contribution is 0.244. The van der Waals surface area contributed by atoms with Gasteiger partial charge in [0.15, 0.2) is 0 Å². The molecular weight excluding hydrogens is 419 g/mol. The fraction of sp³-hybridized carbons (Fsp3) is 0. The lowest BCUT2D eigenvalue weighted by Gasteiger charge is -1.99. The molecule has 5 nitrogen and oxygen atoms in total. The van der Waals surface area contributed by atoms with Crippen molar-refractivity contribution in [3.63, 3.8) is 0 Å². The van der Waals surface area contributed by atoms with E-state index in [9.17, 15) is 4.79 Å². The van der Waals surface area contributed by atoms with Crippen LogP contribution in [0.1, 0.15) is 0 Å². The first-order valence-corrected chi connectivity index (χ1v) is 8.35. The second kappa shape index (κ2) is 11.8. The molecule has 0 aliphatic carbocycles. The Morgan fingerprint density at radius 1 is 0.833 bits per heavy atom. The third kappa shape index (κ3) is 6.71. The normalized spacial score (nSPS) is 7.23. The monoisotopic (exact) mass is 422 g/mol. The third-order valence-electron chi connectivity index (χ3n) is 2.73. The molecule has 2 rings (SSSR count). The molecule has 0 bridgehead atoms. The molecule has 1 aromatic carbocycles. The van der Waals surface area contributed by atoms with Crippen molar-refractivity contribution in [1.29, 1.82) is 0 Å². The van der Waals surface area contributed by atoms with Crippen molar-refractivity contribution in [2.75, 3.05) is 0 Å². The fourth-order valence-electron chi connectivity index (χ4n) is 1.62. The van der Waals surface area contributed by atoms with Gasteiger partial charge in [-0.25, -0.2) is 4.79 Å². The lowest BCUT2D eigenvalue weighted by atomic mass is 10.3. The molecule has 1 aromatic heterocycles. The fourth-order valence-corrected chi connectivity index (χ4v) is 1.93. The van der Waals surface area contributed by atoms with Gasteiger partial charge in [-0.3, -0.25) is 5.32 Å². The van der Waals surface area contributed by atoms with E-state index >= 15 is 0 Å². The number of aromatic nitrogens is 3. The average molecular weight is 423 g/mol. The minimum atomic E-state index is -0.630. The minimum absolute atomic E-state index is 0.271. The molecule has 0 unspecified atom stereocenters. The van der Waals surface area contributed by atoms with E-state index in [-0.39, 0.29) is 5.02 Å². The molecule has 0 aliphatic rings. The Morgan fingerprint density at radius 2 is 1.33 bits per heavy atom. The Kier molecular flexibility index (Phi) is 8.42. The van der Waals surface area contributed by atoms with Gasteiger partial charge in [0.25, 0.3) is 0 Å². The smallest absolute Gasteiger partial charge is 0.264 e. The summed E-state index contributed by atoms with van der Waals surface area (Å²) in [6.07, 6.45) is 4.92. The first kappa shape index (κ1) is 21.5. The molecule has 1 heterocycles. The van der Waals surface area contributed by atoms with Gasteiger partial charge in [0.05, 0.1) is 10.0 Å². The van der Waals surface area contributed by atoms with Crippen molar-refractivity contribution in [2.45, 2.75) is 0 Å². The van der Waals surface area contributed by atoms with Gasteiger partial charge in [-0.05, 0) is 53.6 Å². The highest BCUT2D eigenvalue weighted by molar-refractivity contribution is 6.42. The molecule has 0 aliphatic heterocycles. The summed E-state index contributed by atoms with van der Waals surface area (Å²) in [6, 6.07) is 4.72. The highest BCUT2D eigenvalue weighted by Crippen LogP contribution is 2.26. The standard InChI is InChI=1S/C23H4Cl2N4O/c1-2-3-4-5-6-7-8-9-10-11-12-13-14-15-16-26-23(30)29-22-18-20(25)19(24)17-21(22)27-28-29/h1,17-18H,(H,26,30). The summed E-state index contributed by atoms with van der Waals surface area (Å²) in [4.78, 5) is 12.1. The number of carbonyl (C=O) groups excluding carboxylic acids is 1. The maximum atomic E-state index is 12.1. The summed E-state index contributed by atoms with van der Waals surface area (Å²) < 4.78 is 1.00. The van der Waals surface area contributed by atoms with Gasteiger partial charge >= 0.3 is 6.03 Å². The Balaban J connectivity index is 1.91. The molecule has 1 amide bonds. The zero-order chi connectivity index (χ0) is 21.6. The van der Waals surface area contributed by atoms with E-state index in [1.807, 2.05) is 0 Å². The quantitative estimate of drug-likeness (QED) is 0.521. The van der Waals surface area contributed by atoms with Gasteiger partial charge in [-0.2, -0.15) is 4.68 Å². The number of benzene rings is 1. The summed E-state index contributed by atoms with van der Waals surface area (Å²) in [5.41, 5.74) is 0.798. The summed E-state index contributed by atoms with van der Waals surface area (Å²) >= 11 is 11.8.